The Balaban J connectivity index is 1.51. The molecule has 0 aromatic heterocycles. The molecule has 1 amide bonds. The van der Waals surface area contributed by atoms with Gasteiger partial charge in [0.25, 0.3) is 0 Å². The topological polar surface area (TPSA) is 66.8 Å². The number of carbonyl (C=O) groups excluding carboxylic acids is 1. The number of aliphatic imine (C=N–C) groups is 1. The lowest BCUT2D eigenvalue weighted by molar-refractivity contribution is -0.118. The average Bonchev–Trinajstić information content (AvgIpc) is 3.32. The number of sulfone groups is 1. The Morgan fingerprint density at radius 1 is 1.21 bits per heavy atom. The van der Waals surface area contributed by atoms with Gasteiger partial charge in [-0.15, -0.1) is 0 Å². The van der Waals surface area contributed by atoms with Crippen LogP contribution in [0.3, 0.4) is 0 Å². The molecule has 2 saturated heterocycles. The summed E-state index contributed by atoms with van der Waals surface area (Å²) in [6, 6.07) is 7.40. The predicted molar refractivity (Wildman–Crippen MR) is 114 cm³/mol. The summed E-state index contributed by atoms with van der Waals surface area (Å²) < 4.78 is 24.2. The summed E-state index contributed by atoms with van der Waals surface area (Å²) in [4.78, 5) is 18.9. The molecule has 1 aliphatic carbocycles. The van der Waals surface area contributed by atoms with Gasteiger partial charge >= 0.3 is 0 Å². The molecule has 2 atom stereocenters. The van der Waals surface area contributed by atoms with Gasteiger partial charge in [0.1, 0.15) is 0 Å². The molecule has 4 rings (SSSR count). The van der Waals surface area contributed by atoms with E-state index >= 15 is 0 Å². The summed E-state index contributed by atoms with van der Waals surface area (Å²) in [5.41, 5.74) is 0.917. The van der Waals surface area contributed by atoms with Crippen molar-refractivity contribution in [2.45, 2.75) is 56.4 Å². The number of amidine groups is 1. The van der Waals surface area contributed by atoms with E-state index in [9.17, 15) is 13.2 Å². The lowest BCUT2D eigenvalue weighted by Crippen LogP contribution is -2.37. The normalized spacial score (nSPS) is 28.2. The monoisotopic (exact) mass is 440 g/mol. The first-order valence-corrected chi connectivity index (χ1v) is 13.0. The van der Waals surface area contributed by atoms with Gasteiger partial charge in [0, 0.05) is 23.2 Å². The standard InChI is InChI=1S/C20H25ClN2O3S2/c21-16-8-4-3-7-15(16)11-23-17-12-28(25,26)13-18(17)27-20(23)22-19(24)10-9-14-5-1-2-6-14/h3-4,7-8,14,17-18H,1-2,5-6,9-13H2/t17-,18+/m1/s1. The molecular formula is C20H25ClN2O3S2. The Morgan fingerprint density at radius 3 is 2.71 bits per heavy atom. The van der Waals surface area contributed by atoms with E-state index in [1.54, 1.807) is 0 Å². The van der Waals surface area contributed by atoms with Crippen LogP contribution in [0.5, 0.6) is 0 Å². The number of hydrogen-bond donors (Lipinski definition) is 0. The smallest absolute Gasteiger partial charge is 0.248 e. The Bertz CT molecular complexity index is 881. The Hall–Kier alpha value is -1.05. The first-order valence-electron chi connectivity index (χ1n) is 9.90. The molecule has 28 heavy (non-hydrogen) atoms. The number of halogens is 1. The van der Waals surface area contributed by atoms with Gasteiger partial charge in [-0.3, -0.25) is 4.79 Å². The average molecular weight is 441 g/mol. The fourth-order valence-corrected chi connectivity index (χ4v) is 8.58. The molecule has 0 spiro atoms. The van der Waals surface area contributed by atoms with Crippen molar-refractivity contribution in [3.05, 3.63) is 34.9 Å². The van der Waals surface area contributed by atoms with E-state index in [0.29, 0.717) is 29.1 Å². The summed E-state index contributed by atoms with van der Waals surface area (Å²) >= 11 is 7.75. The van der Waals surface area contributed by atoms with E-state index in [2.05, 4.69) is 4.99 Å². The molecule has 2 heterocycles. The third kappa shape index (κ3) is 4.57. The summed E-state index contributed by atoms with van der Waals surface area (Å²) in [6.07, 6.45) is 6.37. The fraction of sp³-hybridized carbons (Fsp3) is 0.600. The van der Waals surface area contributed by atoms with E-state index in [4.69, 9.17) is 11.6 Å². The number of rotatable bonds is 5. The first-order chi connectivity index (χ1) is 13.4. The SMILES string of the molecule is O=C(CCC1CCCC1)N=C1S[C@H]2CS(=O)(=O)C[C@H]2N1Cc1ccccc1Cl. The minimum atomic E-state index is -3.05. The van der Waals surface area contributed by atoms with Crippen molar-refractivity contribution in [1.82, 2.24) is 4.90 Å². The van der Waals surface area contributed by atoms with Gasteiger partial charge in [-0.05, 0) is 24.0 Å². The van der Waals surface area contributed by atoms with Crippen LogP contribution in [0.15, 0.2) is 29.3 Å². The minimum absolute atomic E-state index is 0.0612. The second-order valence-electron chi connectivity index (χ2n) is 8.00. The van der Waals surface area contributed by atoms with Crippen LogP contribution in [-0.2, 0) is 21.2 Å². The van der Waals surface area contributed by atoms with Crippen molar-refractivity contribution in [3.8, 4) is 0 Å². The Labute approximate surface area is 175 Å². The highest BCUT2D eigenvalue weighted by atomic mass is 35.5. The molecule has 0 unspecified atom stereocenters. The molecule has 1 saturated carbocycles. The zero-order chi connectivity index (χ0) is 19.7. The predicted octanol–water partition coefficient (Wildman–Crippen LogP) is 3.91. The van der Waals surface area contributed by atoms with E-state index in [1.807, 2.05) is 29.2 Å². The number of thioether (sulfide) groups is 1. The molecule has 3 aliphatic rings. The maximum absolute atomic E-state index is 12.5. The van der Waals surface area contributed by atoms with Crippen molar-refractivity contribution in [1.29, 1.82) is 0 Å². The molecule has 1 aromatic carbocycles. The summed E-state index contributed by atoms with van der Waals surface area (Å²) in [5, 5.41) is 1.24. The minimum Gasteiger partial charge on any atom is -0.342 e. The molecule has 0 bridgehead atoms. The second kappa shape index (κ2) is 8.36. The van der Waals surface area contributed by atoms with Gasteiger partial charge in [-0.2, -0.15) is 4.99 Å². The number of hydrogen-bond acceptors (Lipinski definition) is 4. The third-order valence-electron chi connectivity index (χ3n) is 5.93. The molecule has 3 fully saturated rings. The summed E-state index contributed by atoms with van der Waals surface area (Å²) in [7, 11) is -3.05. The highest BCUT2D eigenvalue weighted by Gasteiger charge is 2.48. The molecule has 152 valence electrons. The molecule has 0 N–H and O–H groups in total. The second-order valence-corrected chi connectivity index (χ2v) is 11.8. The van der Waals surface area contributed by atoms with Crippen molar-refractivity contribution >= 4 is 44.3 Å². The van der Waals surface area contributed by atoms with Crippen LogP contribution in [0.4, 0.5) is 0 Å². The van der Waals surface area contributed by atoms with E-state index in [1.165, 1.54) is 37.4 Å². The fourth-order valence-electron chi connectivity index (χ4n) is 4.42. The number of amides is 1. The van der Waals surface area contributed by atoms with Crippen molar-refractivity contribution in [2.24, 2.45) is 10.9 Å². The third-order valence-corrected chi connectivity index (χ3v) is 9.55. The van der Waals surface area contributed by atoms with Gasteiger partial charge in [0.05, 0.1) is 17.5 Å². The van der Waals surface area contributed by atoms with Crippen molar-refractivity contribution < 1.29 is 13.2 Å². The number of benzene rings is 1. The lowest BCUT2D eigenvalue weighted by Gasteiger charge is -2.25. The number of carbonyl (C=O) groups is 1. The lowest BCUT2D eigenvalue weighted by atomic mass is 10.0. The largest absolute Gasteiger partial charge is 0.342 e. The van der Waals surface area contributed by atoms with Crippen LogP contribution >= 0.6 is 23.4 Å². The molecule has 1 aromatic rings. The quantitative estimate of drug-likeness (QED) is 0.694. The van der Waals surface area contributed by atoms with E-state index in [0.717, 1.165) is 12.0 Å². The van der Waals surface area contributed by atoms with E-state index < -0.39 is 9.84 Å². The molecule has 0 radical (unpaired) electrons. The van der Waals surface area contributed by atoms with Crippen LogP contribution < -0.4 is 0 Å². The Morgan fingerprint density at radius 2 is 1.96 bits per heavy atom. The van der Waals surface area contributed by atoms with Crippen LogP contribution in [0.2, 0.25) is 5.02 Å². The zero-order valence-corrected chi connectivity index (χ0v) is 18.1. The van der Waals surface area contributed by atoms with E-state index in [-0.39, 0.29) is 28.7 Å². The van der Waals surface area contributed by atoms with Gasteiger partial charge in [-0.25, -0.2) is 8.42 Å². The molecular weight excluding hydrogens is 416 g/mol. The van der Waals surface area contributed by atoms with Gasteiger partial charge in [-0.1, -0.05) is 67.2 Å². The first kappa shape index (κ1) is 20.2. The van der Waals surface area contributed by atoms with Gasteiger partial charge in [0.2, 0.25) is 5.91 Å². The number of fused-ring (bicyclic) bond motifs is 1. The number of nitrogens with zero attached hydrogens (tertiary/aromatic N) is 2. The molecule has 8 heteroatoms. The summed E-state index contributed by atoms with van der Waals surface area (Å²) in [5.74, 6) is 0.826. The zero-order valence-electron chi connectivity index (χ0n) is 15.7. The highest BCUT2D eigenvalue weighted by Crippen LogP contribution is 2.39. The van der Waals surface area contributed by atoms with Gasteiger partial charge < -0.3 is 4.90 Å². The Kier molecular flexibility index (Phi) is 6.04. The van der Waals surface area contributed by atoms with Gasteiger partial charge in [0.15, 0.2) is 15.0 Å². The molecule has 5 nitrogen and oxygen atoms in total. The van der Waals surface area contributed by atoms with Crippen molar-refractivity contribution in [3.63, 3.8) is 0 Å². The maximum Gasteiger partial charge on any atom is 0.248 e. The van der Waals surface area contributed by atoms with Crippen LogP contribution in [0.25, 0.3) is 0 Å². The molecule has 2 aliphatic heterocycles. The van der Waals surface area contributed by atoms with Crippen molar-refractivity contribution in [2.75, 3.05) is 11.5 Å². The maximum atomic E-state index is 12.5. The summed E-state index contributed by atoms with van der Waals surface area (Å²) in [6.45, 7) is 0.470. The van der Waals surface area contributed by atoms with Crippen LogP contribution in [0.1, 0.15) is 44.1 Å². The van der Waals surface area contributed by atoms with Crippen LogP contribution in [-0.4, -0.2) is 47.2 Å². The highest BCUT2D eigenvalue weighted by molar-refractivity contribution is 8.15. The van der Waals surface area contributed by atoms with Crippen LogP contribution in [0, 0.1) is 5.92 Å².